The van der Waals surface area contributed by atoms with Crippen LogP contribution in [0.15, 0.2) is 109 Å². The molecule has 8 heteroatoms. The summed E-state index contributed by atoms with van der Waals surface area (Å²) in [7, 11) is 1.64. The van der Waals surface area contributed by atoms with E-state index in [0.29, 0.717) is 37.4 Å². The quantitative estimate of drug-likeness (QED) is 0.325. The first-order chi connectivity index (χ1) is 19.0. The zero-order valence-electron chi connectivity index (χ0n) is 22.3. The second-order valence-corrected chi connectivity index (χ2v) is 9.21. The van der Waals surface area contributed by atoms with Crippen LogP contribution in [0.2, 0.25) is 0 Å². The Bertz CT molecular complexity index is 1310. The highest BCUT2D eigenvalue weighted by Crippen LogP contribution is 2.34. The van der Waals surface area contributed by atoms with Crippen LogP contribution in [0.1, 0.15) is 29.4 Å². The third-order valence-electron chi connectivity index (χ3n) is 6.44. The molecular formula is C31H34N4O4. The minimum atomic E-state index is -0.275. The second kappa shape index (κ2) is 13.4. The molecule has 1 aliphatic heterocycles. The van der Waals surface area contributed by atoms with Crippen molar-refractivity contribution in [3.8, 4) is 0 Å². The Kier molecular flexibility index (Phi) is 9.48. The maximum absolute atomic E-state index is 13.6. The number of methoxy groups -OCH3 is 1. The maximum atomic E-state index is 13.6. The molecule has 0 saturated carbocycles. The highest BCUT2D eigenvalue weighted by atomic mass is 16.5. The predicted molar refractivity (Wildman–Crippen MR) is 151 cm³/mol. The van der Waals surface area contributed by atoms with Crippen LogP contribution in [0.3, 0.4) is 0 Å². The summed E-state index contributed by atoms with van der Waals surface area (Å²) in [6.07, 6.45) is 13.3. The summed E-state index contributed by atoms with van der Waals surface area (Å²) in [4.78, 5) is 31.3. The summed E-state index contributed by atoms with van der Waals surface area (Å²) in [5, 5.41) is 6.34. The predicted octanol–water partition coefficient (Wildman–Crippen LogP) is 4.73. The molecule has 0 fully saturated rings. The van der Waals surface area contributed by atoms with Crippen molar-refractivity contribution in [3.63, 3.8) is 0 Å². The molecule has 2 aliphatic rings. The normalized spacial score (nSPS) is 19.1. The molecule has 2 atom stereocenters. The molecule has 0 saturated heterocycles. The molecule has 2 unspecified atom stereocenters. The van der Waals surface area contributed by atoms with Gasteiger partial charge in [0.15, 0.2) is 0 Å². The molecule has 39 heavy (non-hydrogen) atoms. The number of amides is 2. The van der Waals surface area contributed by atoms with Crippen molar-refractivity contribution in [2.75, 3.05) is 25.6 Å². The number of carbonyl (C=O) groups excluding carboxylic acids is 2. The van der Waals surface area contributed by atoms with Crippen LogP contribution in [-0.4, -0.2) is 48.2 Å². The van der Waals surface area contributed by atoms with Crippen LogP contribution in [0.5, 0.6) is 0 Å². The van der Waals surface area contributed by atoms with Gasteiger partial charge in [-0.2, -0.15) is 0 Å². The van der Waals surface area contributed by atoms with E-state index < -0.39 is 0 Å². The van der Waals surface area contributed by atoms with Crippen molar-refractivity contribution in [2.45, 2.75) is 26.1 Å². The number of allylic oxidation sites excluding steroid dienone is 4. The summed E-state index contributed by atoms with van der Waals surface area (Å²) in [6, 6.07) is 13.3. The minimum Gasteiger partial charge on any atom is -0.497 e. The van der Waals surface area contributed by atoms with Crippen molar-refractivity contribution in [3.05, 3.63) is 120 Å². The molecule has 1 aromatic heterocycles. The van der Waals surface area contributed by atoms with Crippen LogP contribution < -0.4 is 10.6 Å². The van der Waals surface area contributed by atoms with E-state index in [4.69, 9.17) is 9.47 Å². The standard InChI is InChI=1S/C31H34N4O4/c1-4-10-25(33-22(2)36)12-9-18-39-21-24-19-23(15-16-29(24)38-3)30-34-28-14-6-5-13-27(28)31(37)35(30)20-26-11-7-8-17-32-26/h4-14,16-17,19,23,30,34H,1,15,18,20-21H2,2-3H3,(H,33,36)/b12-9-,25-10+. The van der Waals surface area contributed by atoms with Crippen molar-refractivity contribution in [2.24, 2.45) is 5.92 Å². The van der Waals surface area contributed by atoms with Gasteiger partial charge in [0.25, 0.3) is 5.91 Å². The van der Waals surface area contributed by atoms with Crippen LogP contribution >= 0.6 is 0 Å². The fraction of sp³-hybridized carbons (Fsp3) is 0.258. The molecule has 1 aliphatic carbocycles. The molecule has 2 aromatic rings. The molecule has 4 rings (SSSR count). The minimum absolute atomic E-state index is 0.0130. The topological polar surface area (TPSA) is 92.8 Å². The lowest BCUT2D eigenvalue weighted by Crippen LogP contribution is -2.52. The van der Waals surface area contributed by atoms with Crippen molar-refractivity contribution in [1.29, 1.82) is 0 Å². The number of anilines is 1. The van der Waals surface area contributed by atoms with Gasteiger partial charge in [0.05, 0.1) is 38.1 Å². The van der Waals surface area contributed by atoms with Gasteiger partial charge in [-0.25, -0.2) is 0 Å². The number of hydrogen-bond acceptors (Lipinski definition) is 6. The molecule has 0 bridgehead atoms. The number of benzene rings is 1. The highest BCUT2D eigenvalue weighted by molar-refractivity contribution is 6.01. The van der Waals surface area contributed by atoms with Gasteiger partial charge < -0.3 is 25.0 Å². The summed E-state index contributed by atoms with van der Waals surface area (Å²) in [5.74, 6) is 0.567. The van der Waals surface area contributed by atoms with Crippen LogP contribution in [-0.2, 0) is 20.8 Å². The zero-order valence-corrected chi connectivity index (χ0v) is 22.3. The maximum Gasteiger partial charge on any atom is 0.257 e. The van der Waals surface area contributed by atoms with E-state index in [1.165, 1.54) is 6.92 Å². The van der Waals surface area contributed by atoms with E-state index in [2.05, 4.69) is 28.3 Å². The van der Waals surface area contributed by atoms with Crippen LogP contribution in [0.25, 0.3) is 0 Å². The smallest absolute Gasteiger partial charge is 0.257 e. The number of fused-ring (bicyclic) bond motifs is 1. The van der Waals surface area contributed by atoms with Crippen LogP contribution in [0.4, 0.5) is 5.69 Å². The van der Waals surface area contributed by atoms with E-state index in [9.17, 15) is 9.59 Å². The molecular weight excluding hydrogens is 492 g/mol. The number of ether oxygens (including phenoxy) is 2. The first-order valence-corrected chi connectivity index (χ1v) is 12.9. The number of nitrogens with zero attached hydrogens (tertiary/aromatic N) is 2. The summed E-state index contributed by atoms with van der Waals surface area (Å²) in [5.41, 5.74) is 3.85. The van der Waals surface area contributed by atoms with Crippen molar-refractivity contribution < 1.29 is 19.1 Å². The largest absolute Gasteiger partial charge is 0.497 e. The number of rotatable bonds is 11. The van der Waals surface area contributed by atoms with Crippen molar-refractivity contribution >= 4 is 17.5 Å². The zero-order chi connectivity index (χ0) is 27.6. The van der Waals surface area contributed by atoms with E-state index in [1.807, 2.05) is 59.5 Å². The lowest BCUT2D eigenvalue weighted by Gasteiger charge is -2.42. The van der Waals surface area contributed by atoms with Crippen molar-refractivity contribution in [1.82, 2.24) is 15.2 Å². The molecule has 2 heterocycles. The Morgan fingerprint density at radius 1 is 1.26 bits per heavy atom. The third kappa shape index (κ3) is 7.12. The van der Waals surface area contributed by atoms with E-state index in [1.54, 1.807) is 31.5 Å². The van der Waals surface area contributed by atoms with Gasteiger partial charge in [-0.05, 0) is 48.9 Å². The molecule has 0 spiro atoms. The molecule has 2 N–H and O–H groups in total. The highest BCUT2D eigenvalue weighted by Gasteiger charge is 2.37. The van der Waals surface area contributed by atoms with Gasteiger partial charge in [0.1, 0.15) is 11.9 Å². The first-order valence-electron chi connectivity index (χ1n) is 12.9. The number of aromatic nitrogens is 1. The molecule has 0 radical (unpaired) electrons. The van der Waals surface area contributed by atoms with E-state index in [-0.39, 0.29) is 23.9 Å². The van der Waals surface area contributed by atoms with E-state index >= 15 is 0 Å². The number of para-hydroxylation sites is 1. The average molecular weight is 527 g/mol. The Labute approximate surface area is 229 Å². The van der Waals surface area contributed by atoms with Crippen LogP contribution in [0, 0.1) is 5.92 Å². The Morgan fingerprint density at radius 3 is 2.82 bits per heavy atom. The molecule has 1 aromatic carbocycles. The summed E-state index contributed by atoms with van der Waals surface area (Å²) in [6.45, 7) is 6.19. The Morgan fingerprint density at radius 2 is 2.08 bits per heavy atom. The van der Waals surface area contributed by atoms with Gasteiger partial charge in [0, 0.05) is 36.0 Å². The molecule has 2 amide bonds. The fourth-order valence-corrected chi connectivity index (χ4v) is 4.71. The van der Waals surface area contributed by atoms with Gasteiger partial charge >= 0.3 is 0 Å². The average Bonchev–Trinajstić information content (AvgIpc) is 2.94. The monoisotopic (exact) mass is 526 g/mol. The molecule has 202 valence electrons. The van der Waals surface area contributed by atoms with Gasteiger partial charge in [-0.3, -0.25) is 14.6 Å². The Hall–Kier alpha value is -4.43. The lowest BCUT2D eigenvalue weighted by atomic mass is 9.89. The Balaban J connectivity index is 1.51. The SMILES string of the molecule is C=C/C=C(\C=C/COCC1=CC(C2Nc3ccccc3C(=O)N2Cc2ccccn2)CC=C1OC)NC(C)=O. The molecule has 8 nitrogen and oxygen atoms in total. The first kappa shape index (κ1) is 27.6. The summed E-state index contributed by atoms with van der Waals surface area (Å²) >= 11 is 0. The van der Waals surface area contributed by atoms with Gasteiger partial charge in [0.2, 0.25) is 5.91 Å². The third-order valence-corrected chi connectivity index (χ3v) is 6.44. The number of hydrogen-bond donors (Lipinski definition) is 2. The number of pyridine rings is 1. The lowest BCUT2D eigenvalue weighted by molar-refractivity contribution is -0.118. The van der Waals surface area contributed by atoms with E-state index in [0.717, 1.165) is 22.7 Å². The van der Waals surface area contributed by atoms with Gasteiger partial charge in [-0.15, -0.1) is 0 Å². The summed E-state index contributed by atoms with van der Waals surface area (Å²) < 4.78 is 11.5. The van der Waals surface area contributed by atoms with Gasteiger partial charge in [-0.1, -0.05) is 43.0 Å². The fourth-order valence-electron chi connectivity index (χ4n) is 4.71. The second-order valence-electron chi connectivity index (χ2n) is 9.21. The number of carbonyl (C=O) groups is 2. The number of nitrogens with one attached hydrogen (secondary N) is 2.